The number of carbonyl (C=O) groups excluding carboxylic acids is 2. The fourth-order valence-corrected chi connectivity index (χ4v) is 2.85. The zero-order valence-electron chi connectivity index (χ0n) is 12.7. The molecule has 1 aromatic carbocycles. The first-order valence-electron chi connectivity index (χ1n) is 6.72. The maximum absolute atomic E-state index is 12.3. The fourth-order valence-electron chi connectivity index (χ4n) is 2.85. The molecule has 3 rings (SSSR count). The second-order valence-corrected chi connectivity index (χ2v) is 5.33. The largest absolute Gasteiger partial charge is 0.507 e. The number of carbonyl (C=O) groups is 2. The summed E-state index contributed by atoms with van der Waals surface area (Å²) < 4.78 is 15.3. The number of esters is 1. The van der Waals surface area contributed by atoms with E-state index in [2.05, 4.69) is 0 Å². The number of benzene rings is 1. The van der Waals surface area contributed by atoms with E-state index < -0.39 is 23.1 Å². The van der Waals surface area contributed by atoms with Gasteiger partial charge in [0.05, 0.1) is 19.8 Å². The highest BCUT2D eigenvalue weighted by Gasteiger charge is 2.48. The van der Waals surface area contributed by atoms with E-state index in [0.717, 1.165) is 0 Å². The van der Waals surface area contributed by atoms with Crippen LogP contribution in [0.4, 0.5) is 0 Å². The number of aromatic hydroxyl groups is 1. The van der Waals surface area contributed by atoms with Gasteiger partial charge in [-0.05, 0) is 13.0 Å². The van der Waals surface area contributed by atoms with Crippen LogP contribution in [-0.2, 0) is 14.3 Å². The minimum absolute atomic E-state index is 0.0760. The number of fused-ring (bicyclic) bond motifs is 3. The van der Waals surface area contributed by atoms with Gasteiger partial charge < -0.3 is 24.4 Å². The number of ketones is 1. The van der Waals surface area contributed by atoms with Crippen molar-refractivity contribution in [1.82, 2.24) is 0 Å². The van der Waals surface area contributed by atoms with Gasteiger partial charge in [0, 0.05) is 17.7 Å². The summed E-state index contributed by atoms with van der Waals surface area (Å²) in [6, 6.07) is 2.71. The Bertz CT molecular complexity index is 803. The number of methoxy groups -OCH3 is 2. The van der Waals surface area contributed by atoms with Crippen LogP contribution in [0.5, 0.6) is 11.5 Å². The van der Waals surface area contributed by atoms with Crippen LogP contribution in [0.2, 0.25) is 0 Å². The molecule has 0 unspecified atom stereocenters. The van der Waals surface area contributed by atoms with E-state index >= 15 is 0 Å². The zero-order valence-corrected chi connectivity index (χ0v) is 12.7. The number of phenolic OH excluding ortho intramolecular Hbond substituents is 1. The lowest BCUT2D eigenvalue weighted by molar-refractivity contribution is -0.118. The van der Waals surface area contributed by atoms with Crippen LogP contribution in [0.3, 0.4) is 0 Å². The normalized spacial score (nSPS) is 22.8. The minimum atomic E-state index is -1.40. The van der Waals surface area contributed by atoms with Crippen molar-refractivity contribution < 1.29 is 34.0 Å². The van der Waals surface area contributed by atoms with Crippen LogP contribution in [0.1, 0.15) is 22.8 Å². The molecule has 0 amide bonds. The molecule has 7 nitrogen and oxygen atoms in total. The van der Waals surface area contributed by atoms with Crippen molar-refractivity contribution in [3.8, 4) is 11.5 Å². The molecule has 7 heteroatoms. The maximum Gasteiger partial charge on any atom is 0.343 e. The van der Waals surface area contributed by atoms with Crippen LogP contribution in [0.25, 0.3) is 5.57 Å². The number of rotatable bonds is 2. The van der Waals surface area contributed by atoms with Gasteiger partial charge in [-0.25, -0.2) is 4.79 Å². The molecule has 0 radical (unpaired) electrons. The van der Waals surface area contributed by atoms with Gasteiger partial charge in [0.2, 0.25) is 0 Å². The highest BCUT2D eigenvalue weighted by molar-refractivity contribution is 6.16. The Kier molecular flexibility index (Phi) is 3.10. The summed E-state index contributed by atoms with van der Waals surface area (Å²) in [6.45, 7) is 1.52. The molecule has 0 saturated carbocycles. The van der Waals surface area contributed by atoms with Crippen molar-refractivity contribution in [2.45, 2.75) is 12.5 Å². The molecule has 1 heterocycles. The van der Waals surface area contributed by atoms with Crippen molar-refractivity contribution in [2.75, 3.05) is 14.2 Å². The topological polar surface area (TPSA) is 102 Å². The Balaban J connectivity index is 2.35. The van der Waals surface area contributed by atoms with Crippen molar-refractivity contribution in [3.63, 3.8) is 0 Å². The molecule has 120 valence electrons. The molecular formula is C16H14O7. The molecule has 0 spiro atoms. The number of aliphatic hydroxyl groups is 1. The van der Waals surface area contributed by atoms with Crippen molar-refractivity contribution >= 4 is 17.3 Å². The van der Waals surface area contributed by atoms with E-state index in [4.69, 9.17) is 14.2 Å². The quantitative estimate of drug-likeness (QED) is 0.800. The summed E-state index contributed by atoms with van der Waals surface area (Å²) in [4.78, 5) is 24.4. The van der Waals surface area contributed by atoms with Crippen molar-refractivity contribution in [2.24, 2.45) is 0 Å². The lowest BCUT2D eigenvalue weighted by atomic mass is 9.79. The molecule has 1 aromatic rings. The van der Waals surface area contributed by atoms with E-state index in [9.17, 15) is 19.8 Å². The van der Waals surface area contributed by atoms with Crippen molar-refractivity contribution in [1.29, 1.82) is 0 Å². The van der Waals surface area contributed by atoms with Gasteiger partial charge in [-0.2, -0.15) is 0 Å². The third-order valence-electron chi connectivity index (χ3n) is 3.90. The summed E-state index contributed by atoms with van der Waals surface area (Å²) in [5, 5.41) is 20.4. The molecule has 0 fully saturated rings. The third-order valence-corrected chi connectivity index (χ3v) is 3.90. The maximum atomic E-state index is 12.3. The first-order chi connectivity index (χ1) is 10.8. The number of aliphatic hydroxyl groups excluding tert-OH is 1. The Hall–Kier alpha value is -2.96. The summed E-state index contributed by atoms with van der Waals surface area (Å²) in [5.74, 6) is -2.33. The zero-order chi connectivity index (χ0) is 16.9. The van der Waals surface area contributed by atoms with Crippen LogP contribution >= 0.6 is 0 Å². The summed E-state index contributed by atoms with van der Waals surface area (Å²) >= 11 is 0. The van der Waals surface area contributed by atoms with E-state index in [0.29, 0.717) is 0 Å². The average Bonchev–Trinajstić information content (AvgIpc) is 2.49. The summed E-state index contributed by atoms with van der Waals surface area (Å²) in [7, 11) is 2.67. The second kappa shape index (κ2) is 4.77. The standard InChI is InChI=1S/C16H14O7/c1-16-6-10(22-3)13(18)14(19)12(16)8-4-7(21-2)5-9(17)11(8)15(20)23-16/h4-6,17,19H,1-3H3/t16-/m0/s1. The summed E-state index contributed by atoms with van der Waals surface area (Å²) in [6.07, 6.45) is 1.32. The number of phenols is 1. The first kappa shape index (κ1) is 15.0. The monoisotopic (exact) mass is 318 g/mol. The number of ether oxygens (including phenoxy) is 3. The smallest absolute Gasteiger partial charge is 0.343 e. The Morgan fingerprint density at radius 3 is 2.43 bits per heavy atom. The Morgan fingerprint density at radius 1 is 1.13 bits per heavy atom. The van der Waals surface area contributed by atoms with Gasteiger partial charge in [-0.3, -0.25) is 4.79 Å². The lowest BCUT2D eigenvalue weighted by Crippen LogP contribution is -2.41. The molecule has 0 aromatic heterocycles. The van der Waals surface area contributed by atoms with Gasteiger partial charge >= 0.3 is 5.97 Å². The van der Waals surface area contributed by atoms with Crippen LogP contribution in [0.15, 0.2) is 29.7 Å². The molecule has 2 N–H and O–H groups in total. The van der Waals surface area contributed by atoms with Crippen LogP contribution in [-0.4, -0.2) is 41.8 Å². The van der Waals surface area contributed by atoms with Gasteiger partial charge in [-0.15, -0.1) is 0 Å². The van der Waals surface area contributed by atoms with Gasteiger partial charge in [0.25, 0.3) is 5.78 Å². The third kappa shape index (κ3) is 1.97. The molecular weight excluding hydrogens is 304 g/mol. The first-order valence-corrected chi connectivity index (χ1v) is 6.72. The lowest BCUT2D eigenvalue weighted by Gasteiger charge is -2.37. The molecule has 1 aliphatic carbocycles. The number of hydrogen-bond acceptors (Lipinski definition) is 7. The Labute approximate surface area is 131 Å². The second-order valence-electron chi connectivity index (χ2n) is 5.33. The van der Waals surface area contributed by atoms with E-state index in [-0.39, 0.29) is 34.0 Å². The molecule has 1 atom stereocenters. The highest BCUT2D eigenvalue weighted by Crippen LogP contribution is 2.47. The predicted octanol–water partition coefficient (Wildman–Crippen LogP) is 1.71. The molecule has 0 bridgehead atoms. The molecule has 2 aliphatic rings. The molecule has 1 aliphatic heterocycles. The van der Waals surface area contributed by atoms with E-state index in [1.54, 1.807) is 0 Å². The molecule has 0 saturated heterocycles. The molecule has 23 heavy (non-hydrogen) atoms. The van der Waals surface area contributed by atoms with E-state index in [1.165, 1.54) is 39.4 Å². The van der Waals surface area contributed by atoms with Gasteiger partial charge in [0.15, 0.2) is 17.1 Å². The van der Waals surface area contributed by atoms with Gasteiger partial charge in [0.1, 0.15) is 17.1 Å². The summed E-state index contributed by atoms with van der Waals surface area (Å²) in [5.41, 5.74) is -1.27. The SMILES string of the molecule is COC1=C[C@]2(C)OC(=O)c3c(O)cc(OC)cc3C2=C(O)C1=O. The van der Waals surface area contributed by atoms with Gasteiger partial charge in [-0.1, -0.05) is 0 Å². The van der Waals surface area contributed by atoms with Crippen LogP contribution < -0.4 is 4.74 Å². The number of Topliss-reactive ketones (excluding diaryl/α,β-unsaturated/α-hetero) is 1. The minimum Gasteiger partial charge on any atom is -0.507 e. The predicted molar refractivity (Wildman–Crippen MR) is 78.1 cm³/mol. The Morgan fingerprint density at radius 2 is 1.83 bits per heavy atom. The highest BCUT2D eigenvalue weighted by atomic mass is 16.6. The number of hydrogen-bond donors (Lipinski definition) is 2. The average molecular weight is 318 g/mol. The van der Waals surface area contributed by atoms with Crippen molar-refractivity contribution in [3.05, 3.63) is 40.9 Å². The van der Waals surface area contributed by atoms with E-state index in [1.807, 2.05) is 0 Å². The van der Waals surface area contributed by atoms with Crippen LogP contribution in [0, 0.1) is 0 Å². The fraction of sp³-hybridized carbons (Fsp3) is 0.250.